The molecule has 0 bridgehead atoms. The van der Waals surface area contributed by atoms with E-state index in [1.165, 1.54) is 16.2 Å². The van der Waals surface area contributed by atoms with Crippen LogP contribution in [-0.4, -0.2) is 43.5 Å². The average Bonchev–Trinajstić information content (AvgIpc) is 3.04. The molecule has 2 atom stereocenters. The number of amides is 2. The molecule has 8 heteroatoms. The van der Waals surface area contributed by atoms with E-state index in [1.54, 1.807) is 6.92 Å². The molecule has 1 aromatic rings. The Balaban J connectivity index is 1.74. The molecule has 0 spiro atoms. The highest BCUT2D eigenvalue weighted by molar-refractivity contribution is 7.17. The van der Waals surface area contributed by atoms with Crippen molar-refractivity contribution in [2.45, 2.75) is 58.9 Å². The van der Waals surface area contributed by atoms with Gasteiger partial charge in [-0.1, -0.05) is 6.92 Å². The minimum Gasteiger partial charge on any atom is -0.462 e. The molecular formula is C21H32N3O4S+. The van der Waals surface area contributed by atoms with Crippen molar-refractivity contribution < 1.29 is 24.0 Å². The van der Waals surface area contributed by atoms with Gasteiger partial charge >= 0.3 is 5.97 Å². The lowest BCUT2D eigenvalue weighted by Crippen LogP contribution is -3.17. The zero-order valence-corrected chi connectivity index (χ0v) is 18.3. The molecule has 7 nitrogen and oxygen atoms in total. The van der Waals surface area contributed by atoms with Crippen LogP contribution in [-0.2, 0) is 27.2 Å². The Kier molecular flexibility index (Phi) is 6.95. The molecule has 0 aromatic carbocycles. The van der Waals surface area contributed by atoms with Gasteiger partial charge in [-0.2, -0.15) is 0 Å². The number of rotatable bonds is 6. The van der Waals surface area contributed by atoms with Crippen LogP contribution in [0.2, 0.25) is 0 Å². The predicted octanol–water partition coefficient (Wildman–Crippen LogP) is 1.16. The quantitative estimate of drug-likeness (QED) is 0.599. The van der Waals surface area contributed by atoms with Crippen molar-refractivity contribution in [2.75, 3.05) is 25.0 Å². The van der Waals surface area contributed by atoms with Crippen molar-refractivity contribution in [1.82, 2.24) is 0 Å². The third-order valence-electron chi connectivity index (χ3n) is 6.26. The Hall–Kier alpha value is -1.93. The minimum atomic E-state index is -0.350. The maximum absolute atomic E-state index is 13.0. The number of carbonyl (C=O) groups excluding carboxylic acids is 3. The number of carbonyl (C=O) groups is 3. The molecule has 1 fully saturated rings. The lowest BCUT2D eigenvalue weighted by atomic mass is 9.88. The number of thiophene rings is 1. The van der Waals surface area contributed by atoms with E-state index in [-0.39, 0.29) is 29.7 Å². The molecule has 4 N–H and O–H groups in total. The van der Waals surface area contributed by atoms with Gasteiger partial charge in [-0.05, 0) is 44.6 Å². The van der Waals surface area contributed by atoms with Crippen LogP contribution in [0.15, 0.2) is 0 Å². The summed E-state index contributed by atoms with van der Waals surface area (Å²) in [6.45, 7) is 7.69. The van der Waals surface area contributed by atoms with E-state index in [0.717, 1.165) is 42.8 Å². The van der Waals surface area contributed by atoms with Gasteiger partial charge in [-0.25, -0.2) is 4.79 Å². The van der Waals surface area contributed by atoms with E-state index in [4.69, 9.17) is 10.5 Å². The molecule has 1 aromatic heterocycles. The molecule has 0 radical (unpaired) electrons. The second kappa shape index (κ2) is 9.26. The number of fused-ring (bicyclic) bond motifs is 1. The van der Waals surface area contributed by atoms with Gasteiger partial charge in [0.05, 0.1) is 25.3 Å². The molecule has 3 rings (SSSR count). The normalized spacial score (nSPS) is 25.0. The van der Waals surface area contributed by atoms with E-state index in [9.17, 15) is 14.4 Å². The Labute approximate surface area is 176 Å². The predicted molar refractivity (Wildman–Crippen MR) is 112 cm³/mol. The first-order valence-corrected chi connectivity index (χ1v) is 11.4. The van der Waals surface area contributed by atoms with E-state index in [2.05, 4.69) is 12.2 Å². The number of hydrogen-bond donors (Lipinski definition) is 3. The summed E-state index contributed by atoms with van der Waals surface area (Å²) in [6.07, 6.45) is 4.24. The molecule has 0 saturated carbocycles. The molecular weight excluding hydrogens is 390 g/mol. The lowest BCUT2D eigenvalue weighted by molar-refractivity contribution is -0.919. The van der Waals surface area contributed by atoms with E-state index in [1.807, 2.05) is 6.92 Å². The maximum atomic E-state index is 13.0. The van der Waals surface area contributed by atoms with Gasteiger partial charge in [-0.3, -0.25) is 9.59 Å². The van der Waals surface area contributed by atoms with Crippen molar-refractivity contribution in [1.29, 1.82) is 0 Å². The van der Waals surface area contributed by atoms with Gasteiger partial charge < -0.3 is 20.7 Å². The number of anilines is 1. The number of nitrogens with two attached hydrogens (primary N) is 1. The van der Waals surface area contributed by atoms with Gasteiger partial charge in [0.15, 0.2) is 6.04 Å². The van der Waals surface area contributed by atoms with Crippen molar-refractivity contribution in [3.05, 3.63) is 16.0 Å². The Morgan fingerprint density at radius 2 is 1.97 bits per heavy atom. The second-order valence-corrected chi connectivity index (χ2v) is 9.43. The monoisotopic (exact) mass is 422 g/mol. The highest BCUT2D eigenvalue weighted by Crippen LogP contribution is 2.40. The zero-order chi connectivity index (χ0) is 21.1. The number of piperidine rings is 1. The van der Waals surface area contributed by atoms with Crippen LogP contribution in [0.4, 0.5) is 5.00 Å². The number of primary amides is 1. The van der Waals surface area contributed by atoms with E-state index in [0.29, 0.717) is 35.9 Å². The lowest BCUT2D eigenvalue weighted by Gasteiger charge is -2.31. The Morgan fingerprint density at radius 1 is 1.28 bits per heavy atom. The van der Waals surface area contributed by atoms with Crippen molar-refractivity contribution in [3.8, 4) is 0 Å². The maximum Gasteiger partial charge on any atom is 0.341 e. The van der Waals surface area contributed by atoms with Gasteiger partial charge in [0.1, 0.15) is 5.00 Å². The first-order chi connectivity index (χ1) is 13.8. The first kappa shape index (κ1) is 21.8. The molecule has 29 heavy (non-hydrogen) atoms. The molecule has 0 unspecified atom stereocenters. The number of ether oxygens (including phenoxy) is 1. The molecule has 1 saturated heterocycles. The summed E-state index contributed by atoms with van der Waals surface area (Å²) in [6, 6.07) is -0.267. The summed E-state index contributed by atoms with van der Waals surface area (Å²) < 4.78 is 5.28. The number of nitrogens with one attached hydrogen (secondary N) is 2. The summed E-state index contributed by atoms with van der Waals surface area (Å²) in [4.78, 5) is 39.3. The molecule has 2 aliphatic rings. The number of likely N-dealkylation sites (tertiary alicyclic amines) is 1. The number of esters is 1. The second-order valence-electron chi connectivity index (χ2n) is 8.32. The van der Waals surface area contributed by atoms with Crippen LogP contribution in [0.3, 0.4) is 0 Å². The minimum absolute atomic E-state index is 0.0876. The summed E-state index contributed by atoms with van der Waals surface area (Å²) in [5.74, 6) is -0.212. The number of hydrogen-bond acceptors (Lipinski definition) is 5. The van der Waals surface area contributed by atoms with Gasteiger partial charge in [0.25, 0.3) is 5.91 Å². The fraction of sp³-hybridized carbons (Fsp3) is 0.667. The molecule has 2 amide bonds. The fourth-order valence-electron chi connectivity index (χ4n) is 4.37. The van der Waals surface area contributed by atoms with Crippen LogP contribution < -0.4 is 16.0 Å². The molecule has 160 valence electrons. The largest absolute Gasteiger partial charge is 0.462 e. The van der Waals surface area contributed by atoms with Crippen molar-refractivity contribution in [2.24, 2.45) is 17.6 Å². The summed E-state index contributed by atoms with van der Waals surface area (Å²) >= 11 is 1.51. The Morgan fingerprint density at radius 3 is 2.59 bits per heavy atom. The fourth-order valence-corrected chi connectivity index (χ4v) is 5.77. The van der Waals surface area contributed by atoms with E-state index < -0.39 is 0 Å². The highest BCUT2D eigenvalue weighted by atomic mass is 32.1. The number of quaternary nitrogens is 1. The summed E-state index contributed by atoms with van der Waals surface area (Å²) in [5.41, 5.74) is 7.00. The highest BCUT2D eigenvalue weighted by Gasteiger charge is 2.34. The van der Waals surface area contributed by atoms with Gasteiger partial charge in [-0.15, -0.1) is 11.3 Å². The zero-order valence-electron chi connectivity index (χ0n) is 17.5. The summed E-state index contributed by atoms with van der Waals surface area (Å²) in [7, 11) is 0. The topological polar surface area (TPSA) is 103 Å². The van der Waals surface area contributed by atoms with Crippen molar-refractivity contribution >= 4 is 34.1 Å². The van der Waals surface area contributed by atoms with E-state index >= 15 is 0 Å². The van der Waals surface area contributed by atoms with Gasteiger partial charge in [0, 0.05) is 23.6 Å². The van der Waals surface area contributed by atoms with Crippen LogP contribution in [0, 0.1) is 11.8 Å². The third kappa shape index (κ3) is 4.80. The summed E-state index contributed by atoms with van der Waals surface area (Å²) in [5, 5.41) is 3.64. The molecule has 2 heterocycles. The molecule has 1 aliphatic heterocycles. The smallest absolute Gasteiger partial charge is 0.341 e. The molecule has 1 aliphatic carbocycles. The standard InChI is InChI=1S/C21H31N3O4S/c1-4-28-21(27)17-15-6-5-12(2)11-16(15)29-20(17)23-19(26)13(3)24-9-7-14(8-10-24)18(22)25/h12-14H,4-11H2,1-3H3,(H2,22,25)(H,23,26)/p+1/t12-,13-/m0/s1. The average molecular weight is 423 g/mol. The van der Waals surface area contributed by atoms with Crippen LogP contribution in [0.25, 0.3) is 0 Å². The van der Waals surface area contributed by atoms with Crippen molar-refractivity contribution in [3.63, 3.8) is 0 Å². The first-order valence-electron chi connectivity index (χ1n) is 10.6. The van der Waals surface area contributed by atoms with Crippen LogP contribution in [0.1, 0.15) is 60.8 Å². The van der Waals surface area contributed by atoms with Crippen LogP contribution in [0.5, 0.6) is 0 Å². The third-order valence-corrected chi connectivity index (χ3v) is 7.43. The van der Waals surface area contributed by atoms with Gasteiger partial charge in [0.2, 0.25) is 5.91 Å². The van der Waals surface area contributed by atoms with Crippen LogP contribution >= 0.6 is 11.3 Å². The Bertz CT molecular complexity index is 783. The SMILES string of the molecule is CCOC(=O)c1c(NC(=O)[C@H](C)[NH+]2CCC(C(N)=O)CC2)sc2c1CC[C@H](C)C2.